The number of carbonyl (C=O) groups is 1. The van der Waals surface area contributed by atoms with Gasteiger partial charge in [-0.3, -0.25) is 9.79 Å². The zero-order chi connectivity index (χ0) is 19.8. The lowest BCUT2D eigenvalue weighted by Crippen LogP contribution is -2.45. The molecule has 1 saturated heterocycles. The maximum absolute atomic E-state index is 13.2. The van der Waals surface area contributed by atoms with Crippen molar-refractivity contribution >= 4 is 11.9 Å². The molecule has 0 spiro atoms. The first-order valence-corrected chi connectivity index (χ1v) is 10.7. The number of aliphatic imine (C=N–C) groups is 1. The van der Waals surface area contributed by atoms with Gasteiger partial charge in [0, 0.05) is 38.1 Å². The molecule has 1 aliphatic carbocycles. The molecule has 2 N–H and O–H groups in total. The highest BCUT2D eigenvalue weighted by Crippen LogP contribution is 2.27. The predicted octanol–water partition coefficient (Wildman–Crippen LogP) is 3.10. The Balaban J connectivity index is 1.44. The number of hydrogen-bond acceptors (Lipinski definition) is 2. The molecular weight excluding hydrogens is 355 g/mol. The molecule has 2 fully saturated rings. The molecule has 0 bridgehead atoms. The first-order chi connectivity index (χ1) is 13.7. The molecule has 1 atom stereocenters. The number of halogens is 1. The number of hydrogen-bond donors (Lipinski definition) is 2. The van der Waals surface area contributed by atoms with Gasteiger partial charge >= 0.3 is 0 Å². The van der Waals surface area contributed by atoms with Crippen molar-refractivity contribution in [3.63, 3.8) is 0 Å². The van der Waals surface area contributed by atoms with E-state index in [1.807, 2.05) is 11.0 Å². The second-order valence-corrected chi connectivity index (χ2v) is 7.89. The first kappa shape index (κ1) is 20.6. The van der Waals surface area contributed by atoms with Gasteiger partial charge < -0.3 is 15.5 Å². The monoisotopic (exact) mass is 388 g/mol. The van der Waals surface area contributed by atoms with E-state index in [1.165, 1.54) is 18.9 Å². The number of aryl methyl sites for hydroxylation is 1. The van der Waals surface area contributed by atoms with E-state index in [1.54, 1.807) is 12.1 Å². The van der Waals surface area contributed by atoms with Crippen molar-refractivity contribution in [3.05, 3.63) is 35.6 Å². The lowest BCUT2D eigenvalue weighted by Gasteiger charge is -2.21. The molecule has 3 rings (SSSR count). The van der Waals surface area contributed by atoms with Crippen LogP contribution in [0.3, 0.4) is 0 Å². The van der Waals surface area contributed by atoms with E-state index in [4.69, 9.17) is 0 Å². The SMILES string of the molecule is CCNC(=NCCCc1cccc(F)c1)NC1CCN(C(=O)C2CCCC2)C1. The van der Waals surface area contributed by atoms with Gasteiger partial charge in [-0.05, 0) is 56.7 Å². The molecule has 1 amide bonds. The highest BCUT2D eigenvalue weighted by molar-refractivity contribution is 5.81. The Morgan fingerprint density at radius 3 is 2.86 bits per heavy atom. The van der Waals surface area contributed by atoms with Gasteiger partial charge in [0.15, 0.2) is 5.96 Å². The molecule has 1 saturated carbocycles. The Morgan fingerprint density at radius 2 is 2.11 bits per heavy atom. The molecular formula is C22H33FN4O. The van der Waals surface area contributed by atoms with Crippen LogP contribution in [0.2, 0.25) is 0 Å². The summed E-state index contributed by atoms with van der Waals surface area (Å²) in [5.74, 6) is 1.22. The van der Waals surface area contributed by atoms with Crippen LogP contribution in [0.1, 0.15) is 51.0 Å². The highest BCUT2D eigenvalue weighted by Gasteiger charge is 2.32. The van der Waals surface area contributed by atoms with Crippen molar-refractivity contribution in [1.82, 2.24) is 15.5 Å². The molecule has 1 heterocycles. The maximum Gasteiger partial charge on any atom is 0.225 e. The minimum Gasteiger partial charge on any atom is -0.357 e. The summed E-state index contributed by atoms with van der Waals surface area (Å²) in [6.45, 7) is 5.14. The van der Waals surface area contributed by atoms with Crippen molar-refractivity contribution in [2.24, 2.45) is 10.9 Å². The van der Waals surface area contributed by atoms with Gasteiger partial charge in [-0.15, -0.1) is 0 Å². The normalized spacial score (nSPS) is 20.6. The maximum atomic E-state index is 13.2. The quantitative estimate of drug-likeness (QED) is 0.429. The summed E-state index contributed by atoms with van der Waals surface area (Å²) in [7, 11) is 0. The van der Waals surface area contributed by atoms with Gasteiger partial charge in [-0.1, -0.05) is 25.0 Å². The smallest absolute Gasteiger partial charge is 0.225 e. The summed E-state index contributed by atoms with van der Waals surface area (Å²) in [4.78, 5) is 19.3. The number of amides is 1. The fourth-order valence-corrected chi connectivity index (χ4v) is 4.19. The van der Waals surface area contributed by atoms with Gasteiger partial charge in [-0.25, -0.2) is 4.39 Å². The molecule has 0 radical (unpaired) electrons. The lowest BCUT2D eigenvalue weighted by molar-refractivity contribution is -0.134. The Bertz CT molecular complexity index is 672. The Kier molecular flexibility index (Phi) is 7.69. The average Bonchev–Trinajstić information content (AvgIpc) is 3.37. The van der Waals surface area contributed by atoms with Crippen LogP contribution in [0, 0.1) is 11.7 Å². The van der Waals surface area contributed by atoms with Gasteiger partial charge in [0.2, 0.25) is 5.91 Å². The Labute approximate surface area is 167 Å². The van der Waals surface area contributed by atoms with Crippen molar-refractivity contribution in [2.75, 3.05) is 26.2 Å². The molecule has 6 heteroatoms. The fraction of sp³-hybridized carbons (Fsp3) is 0.636. The summed E-state index contributed by atoms with van der Waals surface area (Å²) in [6.07, 6.45) is 7.15. The van der Waals surface area contributed by atoms with Crippen molar-refractivity contribution in [2.45, 2.75) is 57.9 Å². The average molecular weight is 389 g/mol. The van der Waals surface area contributed by atoms with E-state index in [9.17, 15) is 9.18 Å². The lowest BCUT2D eigenvalue weighted by atomic mass is 10.1. The predicted molar refractivity (Wildman–Crippen MR) is 111 cm³/mol. The van der Waals surface area contributed by atoms with Crippen molar-refractivity contribution < 1.29 is 9.18 Å². The topological polar surface area (TPSA) is 56.7 Å². The van der Waals surface area contributed by atoms with E-state index in [-0.39, 0.29) is 17.8 Å². The molecule has 28 heavy (non-hydrogen) atoms. The van der Waals surface area contributed by atoms with Crippen LogP contribution in [0.4, 0.5) is 4.39 Å². The third-order valence-corrected chi connectivity index (χ3v) is 5.67. The minimum absolute atomic E-state index is 0.186. The standard InChI is InChI=1S/C22H33FN4O/c1-2-24-22(25-13-6-8-17-7-5-11-19(23)15-17)26-20-12-14-27(16-20)21(28)18-9-3-4-10-18/h5,7,11,15,18,20H,2-4,6,8-10,12-14,16H2,1H3,(H2,24,25,26). The molecule has 1 aromatic rings. The van der Waals surface area contributed by atoms with Crippen LogP contribution in [-0.4, -0.2) is 49.0 Å². The Morgan fingerprint density at radius 1 is 1.29 bits per heavy atom. The summed E-state index contributed by atoms with van der Waals surface area (Å²) in [6, 6.07) is 7.01. The number of benzene rings is 1. The second kappa shape index (κ2) is 10.4. The third-order valence-electron chi connectivity index (χ3n) is 5.67. The minimum atomic E-state index is -0.186. The molecule has 0 aromatic heterocycles. The van der Waals surface area contributed by atoms with Crippen LogP contribution in [0.5, 0.6) is 0 Å². The molecule has 154 valence electrons. The number of carbonyl (C=O) groups excluding carboxylic acids is 1. The van der Waals surface area contributed by atoms with Gasteiger partial charge in [0.25, 0.3) is 0 Å². The van der Waals surface area contributed by atoms with Crippen molar-refractivity contribution in [3.8, 4) is 0 Å². The van der Waals surface area contributed by atoms with Gasteiger partial charge in [0.1, 0.15) is 5.82 Å². The number of rotatable bonds is 7. The van der Waals surface area contributed by atoms with Crippen molar-refractivity contribution in [1.29, 1.82) is 0 Å². The largest absolute Gasteiger partial charge is 0.357 e. The number of guanidine groups is 1. The summed E-state index contributed by atoms with van der Waals surface area (Å²) < 4.78 is 13.2. The first-order valence-electron chi connectivity index (χ1n) is 10.7. The van der Waals surface area contributed by atoms with E-state index < -0.39 is 0 Å². The van der Waals surface area contributed by atoms with Crippen LogP contribution in [0.25, 0.3) is 0 Å². The van der Waals surface area contributed by atoms with E-state index in [0.717, 1.165) is 63.3 Å². The molecule has 5 nitrogen and oxygen atoms in total. The zero-order valence-electron chi connectivity index (χ0n) is 16.9. The summed E-state index contributed by atoms with van der Waals surface area (Å²) in [5.41, 5.74) is 1.00. The Hall–Kier alpha value is -2.11. The second-order valence-electron chi connectivity index (χ2n) is 7.89. The zero-order valence-corrected chi connectivity index (χ0v) is 16.9. The summed E-state index contributed by atoms with van der Waals surface area (Å²) in [5, 5.41) is 6.78. The van der Waals surface area contributed by atoms with E-state index in [0.29, 0.717) is 12.5 Å². The molecule has 2 aliphatic rings. The van der Waals surface area contributed by atoms with Crippen LogP contribution in [-0.2, 0) is 11.2 Å². The fourth-order valence-electron chi connectivity index (χ4n) is 4.19. The molecule has 1 aromatic carbocycles. The molecule has 1 aliphatic heterocycles. The van der Waals surface area contributed by atoms with Gasteiger partial charge in [0.05, 0.1) is 0 Å². The number of likely N-dealkylation sites (tertiary alicyclic amines) is 1. The van der Waals surface area contributed by atoms with Crippen LogP contribution < -0.4 is 10.6 Å². The number of nitrogens with one attached hydrogen (secondary N) is 2. The third kappa shape index (κ3) is 5.94. The highest BCUT2D eigenvalue weighted by atomic mass is 19.1. The van der Waals surface area contributed by atoms with Gasteiger partial charge in [-0.2, -0.15) is 0 Å². The number of nitrogens with zero attached hydrogens (tertiary/aromatic N) is 2. The summed E-state index contributed by atoms with van der Waals surface area (Å²) >= 11 is 0. The van der Waals surface area contributed by atoms with Crippen LogP contribution >= 0.6 is 0 Å². The van der Waals surface area contributed by atoms with Crippen LogP contribution in [0.15, 0.2) is 29.3 Å². The van der Waals surface area contributed by atoms with E-state index >= 15 is 0 Å². The van der Waals surface area contributed by atoms with E-state index in [2.05, 4.69) is 22.5 Å². The molecule has 1 unspecified atom stereocenters.